The Labute approximate surface area is 134 Å². The van der Waals surface area contributed by atoms with Gasteiger partial charge < -0.3 is 10.4 Å². The third-order valence-corrected chi connectivity index (χ3v) is 3.55. The molecule has 1 aromatic rings. The topological polar surface area (TPSA) is 35.5 Å². The van der Waals surface area contributed by atoms with Gasteiger partial charge in [-0.05, 0) is 23.1 Å². The second-order valence-corrected chi connectivity index (χ2v) is 6.15. The lowest BCUT2D eigenvalue weighted by Crippen LogP contribution is -2.48. The number of hydrogen-bond acceptors (Lipinski definition) is 3. The van der Waals surface area contributed by atoms with Crippen LogP contribution in [0.4, 0.5) is 0 Å². The van der Waals surface area contributed by atoms with Gasteiger partial charge in [-0.3, -0.25) is 4.90 Å². The summed E-state index contributed by atoms with van der Waals surface area (Å²) >= 11 is 0. The van der Waals surface area contributed by atoms with E-state index in [1.807, 2.05) is 12.1 Å². The molecule has 2 N–H and O–H groups in total. The molecule has 1 atom stereocenters. The summed E-state index contributed by atoms with van der Waals surface area (Å²) < 4.78 is 0. The molecule has 20 heavy (non-hydrogen) atoms. The zero-order chi connectivity index (χ0) is 13.2. The average Bonchev–Trinajstić information content (AvgIpc) is 2.32. The Morgan fingerprint density at radius 3 is 2.00 bits per heavy atom. The van der Waals surface area contributed by atoms with Crippen LogP contribution in [0.2, 0.25) is 0 Å². The fraction of sp³-hybridized carbons (Fsp3) is 0.600. The third-order valence-electron chi connectivity index (χ3n) is 3.55. The van der Waals surface area contributed by atoms with Crippen LogP contribution in [-0.4, -0.2) is 36.2 Å². The van der Waals surface area contributed by atoms with Crippen LogP contribution in [0.1, 0.15) is 32.4 Å². The number of nitrogens with one attached hydrogen (secondary N) is 1. The first-order valence-corrected chi connectivity index (χ1v) is 6.72. The maximum atomic E-state index is 9.43. The van der Waals surface area contributed by atoms with E-state index in [4.69, 9.17) is 0 Å². The highest BCUT2D eigenvalue weighted by Gasteiger charge is 2.32. The van der Waals surface area contributed by atoms with Gasteiger partial charge in [0.25, 0.3) is 0 Å². The number of aromatic hydroxyl groups is 1. The minimum absolute atomic E-state index is 0. The van der Waals surface area contributed by atoms with Crippen LogP contribution in [0.25, 0.3) is 0 Å². The van der Waals surface area contributed by atoms with Crippen LogP contribution >= 0.6 is 24.8 Å². The lowest BCUT2D eigenvalue weighted by atomic mass is 9.81. The fourth-order valence-corrected chi connectivity index (χ4v) is 2.86. The van der Waals surface area contributed by atoms with Crippen molar-refractivity contribution in [1.82, 2.24) is 10.2 Å². The number of phenolic OH excluding ortho intramolecular Hbond substituents is 1. The minimum atomic E-state index is 0. The van der Waals surface area contributed by atoms with E-state index in [2.05, 4.69) is 31.0 Å². The van der Waals surface area contributed by atoms with Crippen molar-refractivity contribution in [3.63, 3.8) is 0 Å². The highest BCUT2D eigenvalue weighted by molar-refractivity contribution is 5.85. The molecule has 0 spiro atoms. The van der Waals surface area contributed by atoms with Gasteiger partial charge in [0.05, 0.1) is 0 Å². The summed E-state index contributed by atoms with van der Waals surface area (Å²) in [5.41, 5.74) is 1.48. The summed E-state index contributed by atoms with van der Waals surface area (Å²) in [7, 11) is 0. The number of nitrogens with zero attached hydrogens (tertiary/aromatic N) is 1. The van der Waals surface area contributed by atoms with Gasteiger partial charge >= 0.3 is 0 Å². The molecule has 0 unspecified atom stereocenters. The van der Waals surface area contributed by atoms with E-state index in [9.17, 15) is 5.11 Å². The first-order chi connectivity index (χ1) is 8.48. The Bertz CT molecular complexity index is 384. The highest BCUT2D eigenvalue weighted by atomic mass is 35.5. The molecular weight excluding hydrogens is 295 g/mol. The second kappa shape index (κ2) is 8.08. The van der Waals surface area contributed by atoms with Crippen LogP contribution in [0, 0.1) is 5.41 Å². The van der Waals surface area contributed by atoms with Crippen LogP contribution in [0.15, 0.2) is 24.3 Å². The SMILES string of the molecule is CC(C)(C)[C@H](c1ccc(O)cc1)N1CCNCC1.Cl.Cl. The average molecular weight is 321 g/mol. The number of phenols is 1. The quantitative estimate of drug-likeness (QED) is 0.878. The van der Waals surface area contributed by atoms with Crippen LogP contribution in [0.3, 0.4) is 0 Å². The van der Waals surface area contributed by atoms with Crippen molar-refractivity contribution in [3.8, 4) is 5.75 Å². The molecule has 0 bridgehead atoms. The first-order valence-electron chi connectivity index (χ1n) is 6.72. The Balaban J connectivity index is 0.00000180. The van der Waals surface area contributed by atoms with Gasteiger partial charge in [-0.1, -0.05) is 32.9 Å². The molecule has 1 aliphatic heterocycles. The van der Waals surface area contributed by atoms with E-state index in [1.165, 1.54) is 5.56 Å². The largest absolute Gasteiger partial charge is 0.508 e. The Morgan fingerprint density at radius 1 is 1.05 bits per heavy atom. The van der Waals surface area contributed by atoms with E-state index >= 15 is 0 Å². The second-order valence-electron chi connectivity index (χ2n) is 6.15. The van der Waals surface area contributed by atoms with Crippen molar-refractivity contribution in [2.75, 3.05) is 26.2 Å². The molecule has 1 aromatic carbocycles. The zero-order valence-electron chi connectivity index (χ0n) is 12.4. The number of rotatable bonds is 2. The van der Waals surface area contributed by atoms with Crippen LogP contribution < -0.4 is 5.32 Å². The number of piperazine rings is 1. The van der Waals surface area contributed by atoms with E-state index < -0.39 is 0 Å². The molecule has 1 fully saturated rings. The van der Waals surface area contributed by atoms with Gasteiger partial charge in [0.2, 0.25) is 0 Å². The zero-order valence-corrected chi connectivity index (χ0v) is 14.1. The molecular formula is C15H26Cl2N2O. The first kappa shape index (κ1) is 19.5. The van der Waals surface area contributed by atoms with Crippen molar-refractivity contribution in [3.05, 3.63) is 29.8 Å². The molecule has 5 heteroatoms. The Kier molecular flexibility index (Phi) is 7.89. The van der Waals surface area contributed by atoms with Gasteiger partial charge in [0, 0.05) is 32.2 Å². The number of halogens is 2. The molecule has 3 nitrogen and oxygen atoms in total. The van der Waals surface area contributed by atoms with Crippen molar-refractivity contribution >= 4 is 24.8 Å². The summed E-state index contributed by atoms with van der Waals surface area (Å²) in [4.78, 5) is 2.54. The van der Waals surface area contributed by atoms with E-state index in [0.29, 0.717) is 11.8 Å². The maximum absolute atomic E-state index is 9.43. The molecule has 0 aromatic heterocycles. The monoisotopic (exact) mass is 320 g/mol. The molecule has 1 saturated heterocycles. The molecule has 0 amide bonds. The molecule has 2 rings (SSSR count). The summed E-state index contributed by atoms with van der Waals surface area (Å²) in [6.07, 6.45) is 0. The molecule has 1 heterocycles. The van der Waals surface area contributed by atoms with E-state index in [-0.39, 0.29) is 30.2 Å². The fourth-order valence-electron chi connectivity index (χ4n) is 2.86. The van der Waals surface area contributed by atoms with Gasteiger partial charge in [-0.15, -0.1) is 24.8 Å². The predicted molar refractivity (Wildman–Crippen MR) is 89.2 cm³/mol. The molecule has 0 saturated carbocycles. The molecule has 116 valence electrons. The molecule has 0 radical (unpaired) electrons. The van der Waals surface area contributed by atoms with E-state index in [1.54, 1.807) is 12.1 Å². The van der Waals surface area contributed by atoms with Gasteiger partial charge in [-0.25, -0.2) is 0 Å². The van der Waals surface area contributed by atoms with Crippen LogP contribution in [-0.2, 0) is 0 Å². The normalized spacial score (nSPS) is 17.8. The van der Waals surface area contributed by atoms with Gasteiger partial charge in [0.1, 0.15) is 5.75 Å². The lowest BCUT2D eigenvalue weighted by molar-refractivity contribution is 0.0862. The van der Waals surface area contributed by atoms with Crippen molar-refractivity contribution in [2.45, 2.75) is 26.8 Å². The number of hydrogen-bond donors (Lipinski definition) is 2. The summed E-state index contributed by atoms with van der Waals surface area (Å²) in [5, 5.41) is 12.8. The minimum Gasteiger partial charge on any atom is -0.508 e. The number of benzene rings is 1. The predicted octanol–water partition coefficient (Wildman–Crippen LogP) is 3.23. The van der Waals surface area contributed by atoms with Gasteiger partial charge in [-0.2, -0.15) is 0 Å². The van der Waals surface area contributed by atoms with Crippen molar-refractivity contribution in [1.29, 1.82) is 0 Å². The van der Waals surface area contributed by atoms with Crippen molar-refractivity contribution < 1.29 is 5.11 Å². The third kappa shape index (κ3) is 4.81. The lowest BCUT2D eigenvalue weighted by Gasteiger charge is -2.42. The van der Waals surface area contributed by atoms with Crippen molar-refractivity contribution in [2.24, 2.45) is 5.41 Å². The van der Waals surface area contributed by atoms with Gasteiger partial charge in [0.15, 0.2) is 0 Å². The molecule has 0 aliphatic carbocycles. The Hall–Kier alpha value is -0.480. The highest BCUT2D eigenvalue weighted by Crippen LogP contribution is 2.38. The summed E-state index contributed by atoms with van der Waals surface area (Å²) in [5.74, 6) is 0.340. The smallest absolute Gasteiger partial charge is 0.115 e. The van der Waals surface area contributed by atoms with E-state index in [0.717, 1.165) is 26.2 Å². The Morgan fingerprint density at radius 2 is 1.55 bits per heavy atom. The maximum Gasteiger partial charge on any atom is 0.115 e. The standard InChI is InChI=1S/C15H24N2O.2ClH/c1-15(2,3)14(17-10-8-16-9-11-17)12-4-6-13(18)7-5-12;;/h4-7,14,16,18H,8-11H2,1-3H3;2*1H/t14-;;/m0../s1. The molecule has 1 aliphatic rings. The summed E-state index contributed by atoms with van der Waals surface area (Å²) in [6, 6.07) is 8.08. The van der Waals surface area contributed by atoms with Crippen LogP contribution in [0.5, 0.6) is 5.75 Å². The summed E-state index contributed by atoms with van der Waals surface area (Å²) in [6.45, 7) is 11.1.